The summed E-state index contributed by atoms with van der Waals surface area (Å²) in [6, 6.07) is 8.05. The predicted molar refractivity (Wildman–Crippen MR) is 70.3 cm³/mol. The first-order chi connectivity index (χ1) is 7.78. The molecule has 0 unspecified atom stereocenters. The molecule has 0 radical (unpaired) electrons. The zero-order chi connectivity index (χ0) is 11.4. The van der Waals surface area contributed by atoms with Crippen LogP contribution in [0.5, 0.6) is 5.75 Å². The highest BCUT2D eigenvalue weighted by atomic mass is 35.5. The second kappa shape index (κ2) is 6.15. The van der Waals surface area contributed by atoms with Gasteiger partial charge in [-0.3, -0.25) is 0 Å². The number of halogens is 1. The van der Waals surface area contributed by atoms with Crippen molar-refractivity contribution in [2.75, 3.05) is 5.73 Å². The quantitative estimate of drug-likeness (QED) is 0.911. The fourth-order valence-corrected chi connectivity index (χ4v) is 1.41. The van der Waals surface area contributed by atoms with E-state index in [9.17, 15) is 0 Å². The number of hydrogen-bond donors (Lipinski definition) is 1. The van der Waals surface area contributed by atoms with Gasteiger partial charge in [0.05, 0.1) is 18.1 Å². The fourth-order valence-electron chi connectivity index (χ4n) is 1.41. The van der Waals surface area contributed by atoms with Crippen molar-refractivity contribution >= 4 is 18.1 Å². The second-order valence-electron chi connectivity index (χ2n) is 3.58. The van der Waals surface area contributed by atoms with Gasteiger partial charge in [-0.2, -0.15) is 5.10 Å². The van der Waals surface area contributed by atoms with Crippen molar-refractivity contribution in [3.05, 3.63) is 42.2 Å². The molecule has 0 fully saturated rings. The number of rotatable bonds is 4. The van der Waals surface area contributed by atoms with Crippen LogP contribution in [0.2, 0.25) is 0 Å². The minimum Gasteiger partial charge on any atom is -0.471 e. The summed E-state index contributed by atoms with van der Waals surface area (Å²) in [7, 11) is 0. The average molecular weight is 254 g/mol. The van der Waals surface area contributed by atoms with E-state index < -0.39 is 0 Å². The summed E-state index contributed by atoms with van der Waals surface area (Å²) in [4.78, 5) is 0. The summed E-state index contributed by atoms with van der Waals surface area (Å²) in [5.41, 5.74) is 7.49. The van der Waals surface area contributed by atoms with E-state index >= 15 is 0 Å². The van der Waals surface area contributed by atoms with Gasteiger partial charge < -0.3 is 10.5 Å². The summed E-state index contributed by atoms with van der Waals surface area (Å²) in [6.45, 7) is 2.51. The molecule has 0 aliphatic heterocycles. The lowest BCUT2D eigenvalue weighted by Gasteiger charge is -2.06. The minimum atomic E-state index is 0. The van der Waals surface area contributed by atoms with E-state index in [1.54, 1.807) is 17.1 Å². The van der Waals surface area contributed by atoms with Crippen LogP contribution in [0.25, 0.3) is 0 Å². The SMILES string of the molecule is CCc1ccc(OCn2cc(N)cn2)cc1.Cl. The Morgan fingerprint density at radius 2 is 2.00 bits per heavy atom. The molecular formula is C12H16ClN3O. The summed E-state index contributed by atoms with van der Waals surface area (Å²) >= 11 is 0. The van der Waals surface area contributed by atoms with Crippen molar-refractivity contribution in [1.82, 2.24) is 9.78 Å². The van der Waals surface area contributed by atoms with E-state index in [0.29, 0.717) is 12.4 Å². The summed E-state index contributed by atoms with van der Waals surface area (Å²) in [5.74, 6) is 0.839. The molecule has 0 saturated heterocycles. The zero-order valence-electron chi connectivity index (χ0n) is 9.67. The molecule has 0 atom stereocenters. The van der Waals surface area contributed by atoms with E-state index in [0.717, 1.165) is 12.2 Å². The molecule has 0 amide bonds. The van der Waals surface area contributed by atoms with Crippen LogP contribution in [0.4, 0.5) is 5.69 Å². The van der Waals surface area contributed by atoms with E-state index in [2.05, 4.69) is 24.2 Å². The number of aromatic nitrogens is 2. The highest BCUT2D eigenvalue weighted by molar-refractivity contribution is 5.85. The van der Waals surface area contributed by atoms with Crippen molar-refractivity contribution < 1.29 is 4.74 Å². The molecule has 0 saturated carbocycles. The van der Waals surface area contributed by atoms with E-state index in [1.165, 1.54) is 5.56 Å². The minimum absolute atomic E-state index is 0. The topological polar surface area (TPSA) is 53.1 Å². The number of aryl methyl sites for hydroxylation is 1. The lowest BCUT2D eigenvalue weighted by atomic mass is 10.2. The van der Waals surface area contributed by atoms with Gasteiger partial charge in [0, 0.05) is 0 Å². The number of benzene rings is 1. The van der Waals surface area contributed by atoms with Gasteiger partial charge in [0.1, 0.15) is 5.75 Å². The molecule has 2 rings (SSSR count). The maximum absolute atomic E-state index is 5.55. The Morgan fingerprint density at radius 3 is 2.53 bits per heavy atom. The Balaban J connectivity index is 0.00000144. The van der Waals surface area contributed by atoms with Gasteiger partial charge in [0.25, 0.3) is 0 Å². The van der Waals surface area contributed by atoms with Gasteiger partial charge in [-0.15, -0.1) is 12.4 Å². The van der Waals surface area contributed by atoms with E-state index in [-0.39, 0.29) is 12.4 Å². The molecule has 1 aromatic carbocycles. The highest BCUT2D eigenvalue weighted by Crippen LogP contribution is 2.13. The number of hydrogen-bond acceptors (Lipinski definition) is 3. The molecule has 0 aliphatic carbocycles. The molecule has 92 valence electrons. The van der Waals surface area contributed by atoms with Gasteiger partial charge in [-0.1, -0.05) is 19.1 Å². The summed E-state index contributed by atoms with van der Waals surface area (Å²) < 4.78 is 7.21. The zero-order valence-corrected chi connectivity index (χ0v) is 10.5. The molecule has 1 heterocycles. The van der Waals surface area contributed by atoms with Crippen molar-refractivity contribution in [2.45, 2.75) is 20.1 Å². The third kappa shape index (κ3) is 3.67. The Morgan fingerprint density at radius 1 is 1.29 bits per heavy atom. The van der Waals surface area contributed by atoms with Crippen molar-refractivity contribution in [2.24, 2.45) is 0 Å². The maximum Gasteiger partial charge on any atom is 0.180 e. The molecule has 0 aliphatic rings. The smallest absolute Gasteiger partial charge is 0.180 e. The molecular weight excluding hydrogens is 238 g/mol. The maximum atomic E-state index is 5.55. The summed E-state index contributed by atoms with van der Waals surface area (Å²) in [6.07, 6.45) is 4.37. The standard InChI is InChI=1S/C12H15N3O.ClH/c1-2-10-3-5-12(6-4-10)16-9-15-8-11(13)7-14-15;/h3-8H,2,9,13H2,1H3;1H. The largest absolute Gasteiger partial charge is 0.471 e. The van der Waals surface area contributed by atoms with Crippen molar-refractivity contribution in [3.8, 4) is 5.75 Å². The molecule has 4 nitrogen and oxygen atoms in total. The molecule has 1 aromatic heterocycles. The van der Waals surface area contributed by atoms with E-state index in [4.69, 9.17) is 10.5 Å². The second-order valence-corrected chi connectivity index (χ2v) is 3.58. The van der Waals surface area contributed by atoms with Gasteiger partial charge in [0.2, 0.25) is 0 Å². The first-order valence-corrected chi connectivity index (χ1v) is 5.27. The Kier molecular flexibility index (Phi) is 4.84. The molecule has 0 bridgehead atoms. The van der Waals surface area contributed by atoms with Crippen molar-refractivity contribution in [1.29, 1.82) is 0 Å². The highest BCUT2D eigenvalue weighted by Gasteiger charge is 1.96. The van der Waals surface area contributed by atoms with Crippen LogP contribution < -0.4 is 10.5 Å². The lowest BCUT2D eigenvalue weighted by molar-refractivity contribution is 0.221. The number of ether oxygens (including phenoxy) is 1. The molecule has 0 spiro atoms. The van der Waals surface area contributed by atoms with Gasteiger partial charge in [-0.05, 0) is 24.1 Å². The Bertz CT molecular complexity index is 453. The first kappa shape index (κ1) is 13.4. The number of anilines is 1. The number of nitrogens with zero attached hydrogens (tertiary/aromatic N) is 2. The third-order valence-corrected chi connectivity index (χ3v) is 2.35. The van der Waals surface area contributed by atoms with Gasteiger partial charge >= 0.3 is 0 Å². The molecule has 17 heavy (non-hydrogen) atoms. The molecule has 5 heteroatoms. The van der Waals surface area contributed by atoms with E-state index in [1.807, 2.05) is 12.1 Å². The van der Waals surface area contributed by atoms with Crippen LogP contribution in [0.15, 0.2) is 36.7 Å². The fraction of sp³-hybridized carbons (Fsp3) is 0.250. The van der Waals surface area contributed by atoms with Crippen LogP contribution in [0, 0.1) is 0 Å². The first-order valence-electron chi connectivity index (χ1n) is 5.27. The van der Waals surface area contributed by atoms with Crippen molar-refractivity contribution in [3.63, 3.8) is 0 Å². The van der Waals surface area contributed by atoms with Crippen LogP contribution in [-0.2, 0) is 13.2 Å². The van der Waals surface area contributed by atoms with Crippen LogP contribution in [-0.4, -0.2) is 9.78 Å². The summed E-state index contributed by atoms with van der Waals surface area (Å²) in [5, 5.41) is 4.03. The lowest BCUT2D eigenvalue weighted by Crippen LogP contribution is -2.05. The van der Waals surface area contributed by atoms with Crippen LogP contribution in [0.3, 0.4) is 0 Å². The average Bonchev–Trinajstić information content (AvgIpc) is 2.73. The Hall–Kier alpha value is -1.68. The van der Waals surface area contributed by atoms with Crippen LogP contribution >= 0.6 is 12.4 Å². The Labute approximate surface area is 107 Å². The normalized spacial score (nSPS) is 9.71. The monoisotopic (exact) mass is 253 g/mol. The molecule has 2 N–H and O–H groups in total. The third-order valence-electron chi connectivity index (χ3n) is 2.35. The predicted octanol–water partition coefficient (Wildman–Crippen LogP) is 2.49. The number of nitrogens with two attached hydrogens (primary N) is 1. The molecule has 2 aromatic rings. The number of nitrogen functional groups attached to an aromatic ring is 1. The van der Waals surface area contributed by atoms with Gasteiger partial charge in [-0.25, -0.2) is 4.68 Å². The van der Waals surface area contributed by atoms with Crippen LogP contribution in [0.1, 0.15) is 12.5 Å². The van der Waals surface area contributed by atoms with Gasteiger partial charge in [0.15, 0.2) is 6.73 Å².